The number of rotatable bonds is 11. The highest BCUT2D eigenvalue weighted by Crippen LogP contribution is 2.26. The van der Waals surface area contributed by atoms with Crippen LogP contribution in [0.1, 0.15) is 22.8 Å². The Morgan fingerprint density at radius 3 is 2.21 bits per heavy atom. The number of carbonyl (C=O) groups is 3. The van der Waals surface area contributed by atoms with Crippen LogP contribution in [0.2, 0.25) is 10.0 Å². The highest BCUT2D eigenvalue weighted by Gasteiger charge is 2.16. The van der Waals surface area contributed by atoms with Crippen molar-refractivity contribution < 1.29 is 19.1 Å². The summed E-state index contributed by atoms with van der Waals surface area (Å²) in [7, 11) is 0. The van der Waals surface area contributed by atoms with Gasteiger partial charge in [-0.1, -0.05) is 59.6 Å². The molecule has 4 aromatic carbocycles. The first kappa shape index (κ1) is 30.7. The van der Waals surface area contributed by atoms with Gasteiger partial charge in [0.2, 0.25) is 5.91 Å². The van der Waals surface area contributed by atoms with Crippen LogP contribution in [-0.4, -0.2) is 30.1 Å². The van der Waals surface area contributed by atoms with E-state index in [1.807, 2.05) is 25.1 Å². The largest absolute Gasteiger partial charge is 0.493 e. The Balaban J connectivity index is 1.43. The quantitative estimate of drug-likeness (QED) is 0.119. The number of amides is 3. The molecule has 42 heavy (non-hydrogen) atoms. The van der Waals surface area contributed by atoms with Gasteiger partial charge in [-0.25, -0.2) is 0 Å². The predicted molar refractivity (Wildman–Crippen MR) is 170 cm³/mol. The lowest BCUT2D eigenvalue weighted by atomic mass is 10.1. The van der Waals surface area contributed by atoms with Gasteiger partial charge in [-0.2, -0.15) is 0 Å². The van der Waals surface area contributed by atoms with Crippen molar-refractivity contribution >= 4 is 70.1 Å². The van der Waals surface area contributed by atoms with Crippen LogP contribution < -0.4 is 20.7 Å². The standard InChI is InChI=1S/C32H27Cl2N3O4S/c1-2-41-29-11-7-6-10-22(29)18-28(37-31(39)21-8-4-3-5-9-21)32(40)36-23-12-15-25(16-13-23)42-20-30(38)35-24-14-17-26(33)27(34)19-24/h3-19H,2,20H2,1H3,(H,35,38)(H,36,40)(H,37,39)/b28-18-. The average molecular weight is 621 g/mol. The second kappa shape index (κ2) is 15.1. The van der Waals surface area contributed by atoms with E-state index in [0.29, 0.717) is 44.9 Å². The molecule has 10 heteroatoms. The highest BCUT2D eigenvalue weighted by atomic mass is 35.5. The molecule has 4 aromatic rings. The van der Waals surface area contributed by atoms with Crippen molar-refractivity contribution in [3.05, 3.63) is 124 Å². The van der Waals surface area contributed by atoms with Gasteiger partial charge in [0.25, 0.3) is 11.8 Å². The van der Waals surface area contributed by atoms with Gasteiger partial charge in [0.15, 0.2) is 0 Å². The first-order valence-corrected chi connectivity index (χ1v) is 14.7. The van der Waals surface area contributed by atoms with Crippen LogP contribution in [-0.2, 0) is 9.59 Å². The molecule has 4 rings (SSSR count). The zero-order valence-electron chi connectivity index (χ0n) is 22.5. The summed E-state index contributed by atoms with van der Waals surface area (Å²) in [4.78, 5) is 39.5. The Kier molecular flexibility index (Phi) is 11.1. The van der Waals surface area contributed by atoms with E-state index in [1.165, 1.54) is 11.8 Å². The molecular formula is C32H27Cl2N3O4S. The Morgan fingerprint density at radius 2 is 1.50 bits per heavy atom. The summed E-state index contributed by atoms with van der Waals surface area (Å²) in [6.45, 7) is 2.32. The summed E-state index contributed by atoms with van der Waals surface area (Å²) in [5.74, 6) is -0.372. The van der Waals surface area contributed by atoms with Crippen molar-refractivity contribution in [3.8, 4) is 5.75 Å². The van der Waals surface area contributed by atoms with Gasteiger partial charge in [-0.15, -0.1) is 11.8 Å². The lowest BCUT2D eigenvalue weighted by Gasteiger charge is -2.13. The van der Waals surface area contributed by atoms with Crippen LogP contribution in [0, 0.1) is 0 Å². The third-order valence-corrected chi connectivity index (χ3v) is 7.48. The van der Waals surface area contributed by atoms with Crippen molar-refractivity contribution in [1.82, 2.24) is 5.32 Å². The van der Waals surface area contributed by atoms with Crippen molar-refractivity contribution in [1.29, 1.82) is 0 Å². The van der Waals surface area contributed by atoms with Gasteiger partial charge < -0.3 is 20.7 Å². The summed E-state index contributed by atoms with van der Waals surface area (Å²) in [5, 5.41) is 9.11. The van der Waals surface area contributed by atoms with Crippen molar-refractivity contribution in [3.63, 3.8) is 0 Å². The Morgan fingerprint density at radius 1 is 0.810 bits per heavy atom. The number of para-hydroxylation sites is 1. The van der Waals surface area contributed by atoms with E-state index in [4.69, 9.17) is 27.9 Å². The number of halogens is 2. The maximum absolute atomic E-state index is 13.4. The molecule has 214 valence electrons. The number of benzene rings is 4. The first-order valence-electron chi connectivity index (χ1n) is 12.9. The molecule has 0 aliphatic carbocycles. The van der Waals surface area contributed by atoms with Crippen molar-refractivity contribution in [2.24, 2.45) is 0 Å². The summed E-state index contributed by atoms with van der Waals surface area (Å²) >= 11 is 13.3. The molecule has 0 aliphatic heterocycles. The molecule has 0 aromatic heterocycles. The Bertz CT molecular complexity index is 1600. The van der Waals surface area contributed by atoms with Crippen LogP contribution in [0.3, 0.4) is 0 Å². The monoisotopic (exact) mass is 619 g/mol. The number of nitrogens with one attached hydrogen (secondary N) is 3. The number of hydrogen-bond donors (Lipinski definition) is 3. The summed E-state index contributed by atoms with van der Waals surface area (Å²) in [6, 6.07) is 27.8. The molecular weight excluding hydrogens is 593 g/mol. The van der Waals surface area contributed by atoms with E-state index < -0.39 is 11.8 Å². The van der Waals surface area contributed by atoms with Gasteiger partial charge >= 0.3 is 0 Å². The van der Waals surface area contributed by atoms with E-state index in [1.54, 1.807) is 84.9 Å². The minimum absolute atomic E-state index is 0.0495. The van der Waals surface area contributed by atoms with E-state index >= 15 is 0 Å². The van der Waals surface area contributed by atoms with Crippen LogP contribution in [0.15, 0.2) is 108 Å². The molecule has 0 spiro atoms. The molecule has 3 amide bonds. The zero-order chi connectivity index (χ0) is 29.9. The van der Waals surface area contributed by atoms with Crippen LogP contribution in [0.5, 0.6) is 5.75 Å². The number of hydrogen-bond acceptors (Lipinski definition) is 5. The SMILES string of the molecule is CCOc1ccccc1/C=C(\NC(=O)c1ccccc1)C(=O)Nc1ccc(SCC(=O)Nc2ccc(Cl)c(Cl)c2)cc1. The molecule has 0 unspecified atom stereocenters. The van der Waals surface area contributed by atoms with E-state index in [9.17, 15) is 14.4 Å². The predicted octanol–water partition coefficient (Wildman–Crippen LogP) is 7.53. The molecule has 0 radical (unpaired) electrons. The molecule has 3 N–H and O–H groups in total. The number of thioether (sulfide) groups is 1. The zero-order valence-corrected chi connectivity index (χ0v) is 24.9. The molecule has 0 heterocycles. The average Bonchev–Trinajstić information content (AvgIpc) is 3.00. The summed E-state index contributed by atoms with van der Waals surface area (Å²) in [6.07, 6.45) is 1.58. The second-order valence-corrected chi connectivity index (χ2v) is 10.7. The topological polar surface area (TPSA) is 96.5 Å². The maximum Gasteiger partial charge on any atom is 0.272 e. The van der Waals surface area contributed by atoms with Crippen molar-refractivity contribution in [2.75, 3.05) is 23.0 Å². The second-order valence-electron chi connectivity index (χ2n) is 8.79. The minimum Gasteiger partial charge on any atom is -0.493 e. The van der Waals surface area contributed by atoms with Gasteiger partial charge in [0.1, 0.15) is 11.4 Å². The molecule has 0 aliphatic rings. The molecule has 7 nitrogen and oxygen atoms in total. The van der Waals surface area contributed by atoms with Crippen molar-refractivity contribution in [2.45, 2.75) is 11.8 Å². The first-order chi connectivity index (χ1) is 20.3. The van der Waals surface area contributed by atoms with Gasteiger partial charge in [0, 0.05) is 27.4 Å². The number of anilines is 2. The molecule has 0 atom stereocenters. The van der Waals surface area contributed by atoms with Crippen LogP contribution >= 0.6 is 35.0 Å². The summed E-state index contributed by atoms with van der Waals surface area (Å²) in [5.41, 5.74) is 2.18. The van der Waals surface area contributed by atoms with E-state index in [-0.39, 0.29) is 17.4 Å². The number of carbonyl (C=O) groups excluding carboxylic acids is 3. The summed E-state index contributed by atoms with van der Waals surface area (Å²) < 4.78 is 5.69. The number of ether oxygens (including phenoxy) is 1. The van der Waals surface area contributed by atoms with E-state index in [2.05, 4.69) is 16.0 Å². The highest BCUT2D eigenvalue weighted by molar-refractivity contribution is 8.00. The maximum atomic E-state index is 13.4. The lowest BCUT2D eigenvalue weighted by Crippen LogP contribution is -2.30. The Labute approximate surface area is 258 Å². The molecule has 0 bridgehead atoms. The minimum atomic E-state index is -0.507. The molecule has 0 fully saturated rings. The van der Waals surface area contributed by atoms with Gasteiger partial charge in [-0.05, 0) is 73.7 Å². The van der Waals surface area contributed by atoms with Crippen LogP contribution in [0.4, 0.5) is 11.4 Å². The van der Waals surface area contributed by atoms with Crippen LogP contribution in [0.25, 0.3) is 6.08 Å². The van der Waals surface area contributed by atoms with Gasteiger partial charge in [0.05, 0.1) is 22.4 Å². The third kappa shape index (κ3) is 8.88. The fourth-order valence-electron chi connectivity index (χ4n) is 3.74. The smallest absolute Gasteiger partial charge is 0.272 e. The lowest BCUT2D eigenvalue weighted by molar-refractivity contribution is -0.114. The molecule has 0 saturated heterocycles. The van der Waals surface area contributed by atoms with Gasteiger partial charge in [-0.3, -0.25) is 14.4 Å². The third-order valence-electron chi connectivity index (χ3n) is 5.73. The Hall–Kier alpha value is -4.24. The normalized spacial score (nSPS) is 11.0. The molecule has 0 saturated carbocycles. The van der Waals surface area contributed by atoms with E-state index in [0.717, 1.165) is 4.90 Å². The fourth-order valence-corrected chi connectivity index (χ4v) is 4.73. The fraction of sp³-hybridized carbons (Fsp3) is 0.0938.